The lowest BCUT2D eigenvalue weighted by atomic mass is 9.67. The van der Waals surface area contributed by atoms with E-state index in [-0.39, 0.29) is 30.9 Å². The second-order valence-corrected chi connectivity index (χ2v) is 12.1. The van der Waals surface area contributed by atoms with Crippen molar-refractivity contribution in [3.05, 3.63) is 47.9 Å². The summed E-state index contributed by atoms with van der Waals surface area (Å²) in [7, 11) is 1.27. The molecule has 1 atom stereocenters. The highest BCUT2D eigenvalue weighted by Gasteiger charge is 2.58. The molecule has 2 aliphatic heterocycles. The smallest absolute Gasteiger partial charge is 0.395 e. The van der Waals surface area contributed by atoms with Gasteiger partial charge in [0.15, 0.2) is 0 Å². The average Bonchev–Trinajstić information content (AvgIpc) is 3.35. The molecule has 0 bridgehead atoms. The molecule has 0 radical (unpaired) electrons. The van der Waals surface area contributed by atoms with E-state index in [1.165, 1.54) is 24.1 Å². The lowest BCUT2D eigenvalue weighted by molar-refractivity contribution is -0.256. The number of amides is 1. The van der Waals surface area contributed by atoms with E-state index in [2.05, 4.69) is 4.98 Å². The highest BCUT2D eigenvalue weighted by Crippen LogP contribution is 2.53. The van der Waals surface area contributed by atoms with E-state index >= 15 is 4.39 Å². The number of rotatable bonds is 8. The summed E-state index contributed by atoms with van der Waals surface area (Å²) in [6.45, 7) is 3.75. The van der Waals surface area contributed by atoms with Gasteiger partial charge in [0.2, 0.25) is 5.88 Å². The van der Waals surface area contributed by atoms with E-state index in [4.69, 9.17) is 9.47 Å². The molecular formula is C31H37F4N3O4. The number of carbonyl (C=O) groups is 2. The Balaban J connectivity index is 1.14. The van der Waals surface area contributed by atoms with Gasteiger partial charge in [-0.1, -0.05) is 12.5 Å². The van der Waals surface area contributed by atoms with Crippen molar-refractivity contribution in [1.29, 1.82) is 0 Å². The summed E-state index contributed by atoms with van der Waals surface area (Å²) in [5.74, 6) is -1.12. The number of ether oxygens (including phenoxy) is 2. The Bertz CT molecular complexity index is 1290. The second kappa shape index (κ2) is 11.8. The van der Waals surface area contributed by atoms with Gasteiger partial charge >= 0.3 is 12.1 Å². The quantitative estimate of drug-likeness (QED) is 0.282. The molecule has 7 nitrogen and oxygen atoms in total. The fourth-order valence-corrected chi connectivity index (χ4v) is 6.45. The third-order valence-corrected chi connectivity index (χ3v) is 9.39. The Morgan fingerprint density at radius 2 is 1.74 bits per heavy atom. The molecule has 3 fully saturated rings. The predicted octanol–water partition coefficient (Wildman–Crippen LogP) is 5.88. The van der Waals surface area contributed by atoms with Gasteiger partial charge in [0.05, 0.1) is 24.7 Å². The van der Waals surface area contributed by atoms with Gasteiger partial charge in [0.1, 0.15) is 11.4 Å². The molecule has 1 aromatic heterocycles. The maximum atomic E-state index is 15.1. The molecule has 2 saturated heterocycles. The van der Waals surface area contributed by atoms with Gasteiger partial charge in [-0.2, -0.15) is 13.2 Å². The minimum atomic E-state index is -4.14. The van der Waals surface area contributed by atoms with Crippen LogP contribution in [0.3, 0.4) is 0 Å². The fraction of sp³-hybridized carbons (Fsp3) is 0.581. The number of methoxy groups -OCH3 is 1. The molecule has 0 N–H and O–H groups in total. The molecule has 0 spiro atoms. The average molecular weight is 592 g/mol. The second-order valence-electron chi connectivity index (χ2n) is 12.1. The van der Waals surface area contributed by atoms with Crippen molar-refractivity contribution in [1.82, 2.24) is 14.8 Å². The number of hydrogen-bond acceptors (Lipinski definition) is 6. The van der Waals surface area contributed by atoms with Gasteiger partial charge in [-0.3, -0.25) is 4.79 Å². The van der Waals surface area contributed by atoms with Crippen LogP contribution in [-0.2, 0) is 9.53 Å². The topological polar surface area (TPSA) is 72.0 Å². The van der Waals surface area contributed by atoms with Crippen molar-refractivity contribution < 1.29 is 36.6 Å². The van der Waals surface area contributed by atoms with Gasteiger partial charge in [-0.15, -0.1) is 0 Å². The predicted molar refractivity (Wildman–Crippen MR) is 147 cm³/mol. The third kappa shape index (κ3) is 5.85. The van der Waals surface area contributed by atoms with Crippen LogP contribution in [0.15, 0.2) is 36.5 Å². The maximum Gasteiger partial charge on any atom is 0.395 e. The molecule has 5 rings (SSSR count). The number of halogens is 4. The first-order valence-electron chi connectivity index (χ1n) is 14.5. The van der Waals surface area contributed by atoms with Crippen molar-refractivity contribution in [2.24, 2.45) is 11.3 Å². The zero-order valence-corrected chi connectivity index (χ0v) is 24.0. The van der Waals surface area contributed by atoms with Gasteiger partial charge in [0.25, 0.3) is 5.91 Å². The van der Waals surface area contributed by atoms with Crippen molar-refractivity contribution in [3.63, 3.8) is 0 Å². The summed E-state index contributed by atoms with van der Waals surface area (Å²) in [5, 5.41) is 0. The fourth-order valence-electron chi connectivity index (χ4n) is 6.45. The molecule has 3 heterocycles. The number of piperidine rings is 1. The van der Waals surface area contributed by atoms with Crippen LogP contribution >= 0.6 is 0 Å². The minimum Gasteiger partial charge on any atom is -0.477 e. The summed E-state index contributed by atoms with van der Waals surface area (Å²) in [6.07, 6.45) is 1.14. The Morgan fingerprint density at radius 3 is 2.31 bits per heavy atom. The molecule has 1 aromatic carbocycles. The highest BCUT2D eigenvalue weighted by molar-refractivity contribution is 5.99. The number of carbonyl (C=O) groups excluding carboxylic acids is 2. The van der Waals surface area contributed by atoms with E-state index in [9.17, 15) is 22.8 Å². The van der Waals surface area contributed by atoms with Crippen molar-refractivity contribution >= 4 is 11.9 Å². The number of hydrogen-bond donors (Lipinski definition) is 0. The number of pyridine rings is 1. The van der Waals surface area contributed by atoms with E-state index in [0.29, 0.717) is 62.5 Å². The molecule has 2 aromatic rings. The Labute approximate surface area is 243 Å². The lowest BCUT2D eigenvalue weighted by Gasteiger charge is -2.47. The normalized spacial score (nSPS) is 23.0. The van der Waals surface area contributed by atoms with Crippen molar-refractivity contribution in [2.75, 3.05) is 39.9 Å². The third-order valence-electron chi connectivity index (χ3n) is 9.39. The highest BCUT2D eigenvalue weighted by atomic mass is 19.4. The van der Waals surface area contributed by atoms with E-state index in [0.717, 1.165) is 12.8 Å². The molecule has 1 unspecified atom stereocenters. The Morgan fingerprint density at radius 1 is 1.02 bits per heavy atom. The SMILES string of the molecule is COC(=O)C1(C)CCCN1C(=O)c1ccc(-c2ccc(OCC3CCN(CC4(C(F)(F)F)CCC4)CC3)nc2)cc1F. The lowest BCUT2D eigenvalue weighted by Crippen LogP contribution is -2.53. The van der Waals surface area contributed by atoms with Crippen molar-refractivity contribution in [2.45, 2.75) is 63.6 Å². The first kappa shape index (κ1) is 30.3. The molecular weight excluding hydrogens is 554 g/mol. The standard InChI is InChI=1S/C31H37F4N3O4/c1-29(28(40)41-2)11-4-14-38(29)27(39)24-7-5-22(17-25(24)32)23-6-8-26(36-18-23)42-19-21-9-15-37(16-10-21)20-30(12-3-13-30)31(33,34)35/h5-8,17-18,21H,3-4,9-16,19-20H2,1-2H3. The first-order valence-corrected chi connectivity index (χ1v) is 14.5. The molecule has 228 valence electrons. The maximum absolute atomic E-state index is 15.1. The number of esters is 1. The summed E-state index contributed by atoms with van der Waals surface area (Å²) < 4.78 is 66.4. The molecule has 1 amide bonds. The zero-order valence-electron chi connectivity index (χ0n) is 24.0. The summed E-state index contributed by atoms with van der Waals surface area (Å²) >= 11 is 0. The monoisotopic (exact) mass is 591 g/mol. The largest absolute Gasteiger partial charge is 0.477 e. The molecule has 11 heteroatoms. The van der Waals surface area contributed by atoms with Crippen LogP contribution in [0.1, 0.15) is 62.2 Å². The van der Waals surface area contributed by atoms with E-state index in [1.807, 2.05) is 4.90 Å². The number of alkyl halides is 3. The summed E-state index contributed by atoms with van der Waals surface area (Å²) in [6, 6.07) is 7.78. The summed E-state index contributed by atoms with van der Waals surface area (Å²) in [5.41, 5.74) is -1.59. The Kier molecular flexibility index (Phi) is 8.51. The molecule has 1 aliphatic carbocycles. The van der Waals surface area contributed by atoms with Gasteiger partial charge < -0.3 is 19.3 Å². The number of nitrogens with zero attached hydrogens (tertiary/aromatic N) is 3. The molecule has 3 aliphatic rings. The Hall–Kier alpha value is -3.21. The van der Waals surface area contributed by atoms with Crippen LogP contribution in [0.2, 0.25) is 0 Å². The van der Waals surface area contributed by atoms with E-state index < -0.39 is 34.8 Å². The van der Waals surface area contributed by atoms with Crippen LogP contribution in [0.4, 0.5) is 17.6 Å². The summed E-state index contributed by atoms with van der Waals surface area (Å²) in [4.78, 5) is 33.1. The van der Waals surface area contributed by atoms with E-state index in [1.54, 1.807) is 31.3 Å². The molecule has 1 saturated carbocycles. The van der Waals surface area contributed by atoms with Crippen LogP contribution in [0.5, 0.6) is 5.88 Å². The number of aromatic nitrogens is 1. The van der Waals surface area contributed by atoms with Gasteiger partial charge in [0, 0.05) is 30.9 Å². The number of likely N-dealkylation sites (tertiary alicyclic amines) is 2. The molecule has 42 heavy (non-hydrogen) atoms. The minimum absolute atomic E-state index is 0.0912. The van der Waals surface area contributed by atoms with Crippen LogP contribution < -0.4 is 4.74 Å². The first-order chi connectivity index (χ1) is 20.0. The zero-order chi connectivity index (χ0) is 30.1. The van der Waals surface area contributed by atoms with Gasteiger partial charge in [-0.25, -0.2) is 14.2 Å². The van der Waals surface area contributed by atoms with Gasteiger partial charge in [-0.05, 0) is 88.2 Å². The number of benzene rings is 1. The van der Waals surface area contributed by atoms with Crippen molar-refractivity contribution in [3.8, 4) is 17.0 Å². The van der Waals surface area contributed by atoms with Crippen LogP contribution in [0.25, 0.3) is 11.1 Å². The van der Waals surface area contributed by atoms with Crippen LogP contribution in [0, 0.1) is 17.2 Å². The van der Waals surface area contributed by atoms with Crippen LogP contribution in [-0.4, -0.2) is 78.3 Å².